The fraction of sp³-hybridized carbons (Fsp3) is 0.121. The van der Waals surface area contributed by atoms with Crippen LogP contribution in [0.5, 0.6) is 5.75 Å². The van der Waals surface area contributed by atoms with E-state index in [1.165, 1.54) is 11.8 Å². The normalized spacial score (nSPS) is 11.7. The lowest BCUT2D eigenvalue weighted by molar-refractivity contribution is -0.115. The molecule has 0 aliphatic carbocycles. The first kappa shape index (κ1) is 29.2. The summed E-state index contributed by atoms with van der Waals surface area (Å²) in [4.78, 5) is 39.6. The number of amides is 3. The van der Waals surface area contributed by atoms with E-state index in [9.17, 15) is 14.4 Å². The maximum atomic E-state index is 13.3. The largest absolute Gasteiger partial charge is 0.497 e. The predicted octanol–water partition coefficient (Wildman–Crippen LogP) is 6.53. The molecule has 7 nitrogen and oxygen atoms in total. The number of benzene rings is 4. The van der Waals surface area contributed by atoms with Crippen LogP contribution < -0.4 is 20.7 Å². The van der Waals surface area contributed by atoms with Crippen LogP contribution in [0.2, 0.25) is 0 Å². The molecule has 0 heterocycles. The molecule has 3 N–H and O–H groups in total. The van der Waals surface area contributed by atoms with E-state index in [0.29, 0.717) is 22.7 Å². The fourth-order valence-electron chi connectivity index (χ4n) is 3.86. The van der Waals surface area contributed by atoms with Crippen molar-refractivity contribution in [1.29, 1.82) is 0 Å². The fourth-order valence-corrected chi connectivity index (χ4v) is 4.73. The Bertz CT molecular complexity index is 1540. The van der Waals surface area contributed by atoms with Gasteiger partial charge in [0.05, 0.1) is 12.4 Å². The molecule has 1 unspecified atom stereocenters. The van der Waals surface area contributed by atoms with Gasteiger partial charge in [-0.3, -0.25) is 14.4 Å². The van der Waals surface area contributed by atoms with Crippen molar-refractivity contribution in [3.63, 3.8) is 0 Å². The maximum absolute atomic E-state index is 13.3. The molecule has 1 atom stereocenters. The molecule has 0 aliphatic heterocycles. The van der Waals surface area contributed by atoms with Crippen molar-refractivity contribution >= 4 is 46.9 Å². The van der Waals surface area contributed by atoms with Gasteiger partial charge in [-0.25, -0.2) is 0 Å². The van der Waals surface area contributed by atoms with Gasteiger partial charge >= 0.3 is 0 Å². The molecule has 0 bridgehead atoms. The number of thioether (sulfide) groups is 1. The van der Waals surface area contributed by atoms with E-state index in [1.807, 2.05) is 56.3 Å². The van der Waals surface area contributed by atoms with Gasteiger partial charge in [0.25, 0.3) is 11.8 Å². The third-order valence-corrected chi connectivity index (χ3v) is 7.15. The van der Waals surface area contributed by atoms with Crippen LogP contribution in [0.25, 0.3) is 6.08 Å². The zero-order chi connectivity index (χ0) is 29.2. The molecular formula is C33H31N3O4S. The lowest BCUT2D eigenvalue weighted by Crippen LogP contribution is -2.30. The summed E-state index contributed by atoms with van der Waals surface area (Å²) >= 11 is 1.40. The summed E-state index contributed by atoms with van der Waals surface area (Å²) in [6, 6.07) is 30.7. The number of rotatable bonds is 10. The highest BCUT2D eigenvalue weighted by molar-refractivity contribution is 8.00. The minimum atomic E-state index is -0.455. The number of hydrogen-bond donors (Lipinski definition) is 3. The summed E-state index contributed by atoms with van der Waals surface area (Å²) in [7, 11) is 1.59. The molecule has 41 heavy (non-hydrogen) atoms. The van der Waals surface area contributed by atoms with Gasteiger partial charge in [0.2, 0.25) is 5.91 Å². The number of methoxy groups -OCH3 is 1. The van der Waals surface area contributed by atoms with E-state index >= 15 is 0 Å². The van der Waals surface area contributed by atoms with Gasteiger partial charge in [0.15, 0.2) is 0 Å². The summed E-state index contributed by atoms with van der Waals surface area (Å²) in [6.45, 7) is 3.79. The highest BCUT2D eigenvalue weighted by Crippen LogP contribution is 2.26. The van der Waals surface area contributed by atoms with Crippen molar-refractivity contribution < 1.29 is 19.1 Å². The molecular weight excluding hydrogens is 534 g/mol. The summed E-state index contributed by atoms with van der Waals surface area (Å²) in [5.74, 6) is -0.247. The SMILES string of the molecule is COc1ccc(NC(=O)C(C)Sc2ccc(NC(=O)/C(=C/c3cccc(C)c3)NC(=O)c3ccccc3)cc2)cc1. The van der Waals surface area contributed by atoms with Crippen molar-refractivity contribution in [1.82, 2.24) is 5.32 Å². The Labute approximate surface area is 244 Å². The van der Waals surface area contributed by atoms with E-state index in [4.69, 9.17) is 4.74 Å². The first-order valence-corrected chi connectivity index (χ1v) is 13.9. The summed E-state index contributed by atoms with van der Waals surface area (Å²) in [5, 5.41) is 8.16. The van der Waals surface area contributed by atoms with Gasteiger partial charge < -0.3 is 20.7 Å². The van der Waals surface area contributed by atoms with Crippen LogP contribution >= 0.6 is 11.8 Å². The van der Waals surface area contributed by atoms with E-state index in [1.54, 1.807) is 73.8 Å². The molecule has 0 saturated heterocycles. The lowest BCUT2D eigenvalue weighted by Gasteiger charge is -2.14. The topological polar surface area (TPSA) is 96.5 Å². The van der Waals surface area contributed by atoms with Gasteiger partial charge in [-0.1, -0.05) is 48.0 Å². The molecule has 4 aromatic rings. The number of carbonyl (C=O) groups excluding carboxylic acids is 3. The average molecular weight is 566 g/mol. The average Bonchev–Trinajstić information content (AvgIpc) is 2.98. The monoisotopic (exact) mass is 565 g/mol. The Kier molecular flexibility index (Phi) is 9.96. The van der Waals surface area contributed by atoms with Crippen LogP contribution in [0, 0.1) is 6.92 Å². The van der Waals surface area contributed by atoms with Crippen LogP contribution in [0.3, 0.4) is 0 Å². The highest BCUT2D eigenvalue weighted by Gasteiger charge is 2.17. The number of ether oxygens (including phenoxy) is 1. The van der Waals surface area contributed by atoms with Crippen LogP contribution in [-0.4, -0.2) is 30.1 Å². The summed E-state index contributed by atoms with van der Waals surface area (Å²) in [6.07, 6.45) is 1.65. The van der Waals surface area contributed by atoms with Crippen LogP contribution in [0.15, 0.2) is 114 Å². The molecule has 0 fully saturated rings. The first-order valence-electron chi connectivity index (χ1n) is 13.0. The second kappa shape index (κ2) is 14.0. The zero-order valence-corrected chi connectivity index (χ0v) is 23.8. The van der Waals surface area contributed by atoms with Gasteiger partial charge in [-0.2, -0.15) is 0 Å². The molecule has 208 valence electrons. The number of anilines is 2. The number of carbonyl (C=O) groups is 3. The van der Waals surface area contributed by atoms with Crippen molar-refractivity contribution in [2.24, 2.45) is 0 Å². The minimum absolute atomic E-state index is 0.117. The van der Waals surface area contributed by atoms with Crippen molar-refractivity contribution in [2.45, 2.75) is 24.0 Å². The second-order valence-corrected chi connectivity index (χ2v) is 10.7. The molecule has 4 rings (SSSR count). The Balaban J connectivity index is 1.41. The van der Waals surface area contributed by atoms with Crippen molar-refractivity contribution in [3.8, 4) is 5.75 Å². The van der Waals surface area contributed by atoms with Crippen molar-refractivity contribution in [3.05, 3.63) is 126 Å². The van der Waals surface area contributed by atoms with E-state index in [2.05, 4.69) is 16.0 Å². The highest BCUT2D eigenvalue weighted by atomic mass is 32.2. The minimum Gasteiger partial charge on any atom is -0.497 e. The van der Waals surface area contributed by atoms with Gasteiger partial charge in [0.1, 0.15) is 11.4 Å². The molecule has 0 radical (unpaired) electrons. The zero-order valence-electron chi connectivity index (χ0n) is 23.0. The molecule has 4 aromatic carbocycles. The van der Waals surface area contributed by atoms with Gasteiger partial charge in [-0.15, -0.1) is 11.8 Å². The molecule has 0 spiro atoms. The van der Waals surface area contributed by atoms with E-state index in [0.717, 1.165) is 16.0 Å². The number of nitrogens with one attached hydrogen (secondary N) is 3. The van der Waals surface area contributed by atoms with E-state index < -0.39 is 5.91 Å². The van der Waals surface area contributed by atoms with Crippen LogP contribution in [0.4, 0.5) is 11.4 Å². The smallest absolute Gasteiger partial charge is 0.272 e. The molecule has 0 saturated carbocycles. The Hall–Kier alpha value is -4.82. The predicted molar refractivity (Wildman–Crippen MR) is 165 cm³/mol. The molecule has 8 heteroatoms. The Morgan fingerprint density at radius 2 is 1.46 bits per heavy atom. The maximum Gasteiger partial charge on any atom is 0.272 e. The Morgan fingerprint density at radius 1 is 0.805 bits per heavy atom. The summed E-state index contributed by atoms with van der Waals surface area (Å²) < 4.78 is 5.15. The Morgan fingerprint density at radius 3 is 2.12 bits per heavy atom. The van der Waals surface area contributed by atoms with Gasteiger partial charge in [0, 0.05) is 21.8 Å². The number of hydrogen-bond acceptors (Lipinski definition) is 5. The second-order valence-electron chi connectivity index (χ2n) is 9.25. The van der Waals surface area contributed by atoms with E-state index in [-0.39, 0.29) is 22.8 Å². The molecule has 3 amide bonds. The molecule has 0 aliphatic rings. The first-order chi connectivity index (χ1) is 19.8. The van der Waals surface area contributed by atoms with Crippen LogP contribution in [0.1, 0.15) is 28.4 Å². The third-order valence-electron chi connectivity index (χ3n) is 6.03. The van der Waals surface area contributed by atoms with Crippen molar-refractivity contribution in [2.75, 3.05) is 17.7 Å². The number of aryl methyl sites for hydroxylation is 1. The quantitative estimate of drug-likeness (QED) is 0.150. The van der Waals surface area contributed by atoms with Crippen LogP contribution in [-0.2, 0) is 9.59 Å². The summed E-state index contributed by atoms with van der Waals surface area (Å²) in [5.41, 5.74) is 3.63. The molecule has 0 aromatic heterocycles. The lowest BCUT2D eigenvalue weighted by atomic mass is 10.1. The van der Waals surface area contributed by atoms with Gasteiger partial charge in [-0.05, 0) is 86.2 Å². The third kappa shape index (κ3) is 8.58. The standard InChI is InChI=1S/C33H31N3O4S/c1-22-8-7-9-24(20-22)21-30(36-32(38)25-10-5-4-6-11-25)33(39)35-27-14-18-29(19-15-27)41-23(2)31(37)34-26-12-16-28(40-3)17-13-26/h4-21,23H,1-3H3,(H,34,37)(H,35,39)(H,36,38)/b30-21-.